The summed E-state index contributed by atoms with van der Waals surface area (Å²) in [4.78, 5) is 3.41. The van der Waals surface area contributed by atoms with Gasteiger partial charge >= 0.3 is 0 Å². The van der Waals surface area contributed by atoms with Crippen LogP contribution in [-0.2, 0) is 0 Å². The predicted octanol–water partition coefficient (Wildman–Crippen LogP) is 2.56. The first kappa shape index (κ1) is 9.08. The molecule has 0 unspecified atom stereocenters. The smallest absolute Gasteiger partial charge is 0.215 e. The maximum absolute atomic E-state index is 12.2. The minimum Gasteiger partial charge on any atom is -0.228 e. The van der Waals surface area contributed by atoms with Gasteiger partial charge in [-0.05, 0) is 13.0 Å². The summed E-state index contributed by atoms with van der Waals surface area (Å²) >= 11 is 0. The van der Waals surface area contributed by atoms with E-state index in [0.29, 0.717) is 5.56 Å². The highest BCUT2D eigenvalue weighted by Gasteiger charge is 1.90. The summed E-state index contributed by atoms with van der Waals surface area (Å²) in [5, 5.41) is 0. The van der Waals surface area contributed by atoms with Gasteiger partial charge in [-0.15, -0.1) is 0 Å². The van der Waals surface area contributed by atoms with Crippen LogP contribution in [0.5, 0.6) is 0 Å². The lowest BCUT2D eigenvalue weighted by atomic mass is 10.3. The highest BCUT2D eigenvalue weighted by atomic mass is 19.1. The summed E-state index contributed by atoms with van der Waals surface area (Å²) in [6.07, 6.45) is 1.43. The summed E-state index contributed by atoms with van der Waals surface area (Å²) in [5.41, 5.74) is 0.590. The minimum absolute atomic E-state index is 0.382. The van der Waals surface area contributed by atoms with E-state index in [1.54, 1.807) is 19.1 Å². The van der Waals surface area contributed by atoms with Crippen molar-refractivity contribution in [3.63, 3.8) is 0 Å². The van der Waals surface area contributed by atoms with Gasteiger partial charge in [0.25, 0.3) is 0 Å². The first-order valence-corrected chi connectivity index (χ1v) is 3.38. The number of aromatic nitrogens is 1. The van der Waals surface area contributed by atoms with Crippen LogP contribution in [0.4, 0.5) is 4.39 Å². The first-order chi connectivity index (χ1) is 4.80. The van der Waals surface area contributed by atoms with E-state index < -0.39 is 0 Å². The van der Waals surface area contributed by atoms with Gasteiger partial charge in [0.05, 0.1) is 0 Å². The Morgan fingerprint density at radius 2 is 2.00 bits per heavy atom. The molecule has 0 atom stereocenters. The molecule has 2 heteroatoms. The standard InChI is InChI=1S/C6H6FN.C2H6/c1-5-3-2-4-8-6(5)7;1-2/h2-4H,1H3;1-2H3. The zero-order valence-corrected chi connectivity index (χ0v) is 6.56. The number of halogens is 1. The predicted molar refractivity (Wildman–Crippen MR) is 40.3 cm³/mol. The zero-order chi connectivity index (χ0) is 7.98. The summed E-state index contributed by atoms with van der Waals surface area (Å²) in [7, 11) is 0. The molecule has 56 valence electrons. The molecule has 1 heterocycles. The number of pyridine rings is 1. The number of aryl methyl sites for hydroxylation is 1. The van der Waals surface area contributed by atoms with Crippen molar-refractivity contribution >= 4 is 0 Å². The molecule has 1 aromatic heterocycles. The van der Waals surface area contributed by atoms with Gasteiger partial charge in [0.15, 0.2) is 0 Å². The third-order valence-electron chi connectivity index (χ3n) is 0.946. The number of hydrogen-bond acceptors (Lipinski definition) is 1. The molecule has 0 amide bonds. The molecule has 0 aliphatic rings. The van der Waals surface area contributed by atoms with Gasteiger partial charge in [0.1, 0.15) is 0 Å². The molecule has 0 saturated carbocycles. The van der Waals surface area contributed by atoms with Gasteiger partial charge in [0, 0.05) is 11.8 Å². The Kier molecular flexibility index (Phi) is 4.46. The van der Waals surface area contributed by atoms with Gasteiger partial charge in [-0.1, -0.05) is 19.9 Å². The summed E-state index contributed by atoms with van der Waals surface area (Å²) in [5.74, 6) is -0.382. The third-order valence-corrected chi connectivity index (χ3v) is 0.946. The average Bonchev–Trinajstić information content (AvgIpc) is 2.00. The second kappa shape index (κ2) is 4.91. The minimum atomic E-state index is -0.382. The van der Waals surface area contributed by atoms with Crippen molar-refractivity contribution in [1.82, 2.24) is 4.98 Å². The Balaban J connectivity index is 0.000000371. The Morgan fingerprint density at radius 1 is 1.40 bits per heavy atom. The highest BCUT2D eigenvalue weighted by molar-refractivity contribution is 5.07. The van der Waals surface area contributed by atoms with Crippen LogP contribution in [0.1, 0.15) is 19.4 Å². The molecular formula is C8H12FN. The van der Waals surface area contributed by atoms with Crippen LogP contribution in [-0.4, -0.2) is 4.98 Å². The molecule has 10 heavy (non-hydrogen) atoms. The number of nitrogens with zero attached hydrogens (tertiary/aromatic N) is 1. The van der Waals surface area contributed by atoms with Crippen molar-refractivity contribution in [2.24, 2.45) is 0 Å². The van der Waals surface area contributed by atoms with Crippen LogP contribution >= 0.6 is 0 Å². The zero-order valence-electron chi connectivity index (χ0n) is 6.56. The van der Waals surface area contributed by atoms with E-state index in [2.05, 4.69) is 4.98 Å². The van der Waals surface area contributed by atoms with Gasteiger partial charge in [0.2, 0.25) is 5.95 Å². The fraction of sp³-hybridized carbons (Fsp3) is 0.375. The second-order valence-corrected chi connectivity index (χ2v) is 1.61. The highest BCUT2D eigenvalue weighted by Crippen LogP contribution is 1.97. The summed E-state index contributed by atoms with van der Waals surface area (Å²) < 4.78 is 12.2. The quantitative estimate of drug-likeness (QED) is 0.506. The SMILES string of the molecule is CC.Cc1cccnc1F. The fourth-order valence-electron chi connectivity index (χ4n) is 0.466. The molecule has 0 bridgehead atoms. The third kappa shape index (κ3) is 2.58. The molecule has 0 aromatic carbocycles. The normalized spacial score (nSPS) is 8.00. The largest absolute Gasteiger partial charge is 0.228 e. The maximum atomic E-state index is 12.2. The van der Waals surface area contributed by atoms with Crippen LogP contribution in [0, 0.1) is 12.9 Å². The Hall–Kier alpha value is -0.920. The molecule has 1 aromatic rings. The Morgan fingerprint density at radius 3 is 2.30 bits per heavy atom. The molecule has 0 N–H and O–H groups in total. The summed E-state index contributed by atoms with van der Waals surface area (Å²) in [6, 6.07) is 3.39. The van der Waals surface area contributed by atoms with E-state index in [1.165, 1.54) is 6.20 Å². The van der Waals surface area contributed by atoms with Crippen LogP contribution in [0.3, 0.4) is 0 Å². The van der Waals surface area contributed by atoms with Crippen molar-refractivity contribution in [3.05, 3.63) is 29.8 Å². The van der Waals surface area contributed by atoms with Crippen LogP contribution in [0.2, 0.25) is 0 Å². The monoisotopic (exact) mass is 141 g/mol. The number of rotatable bonds is 0. The van der Waals surface area contributed by atoms with Gasteiger partial charge in [-0.2, -0.15) is 4.39 Å². The maximum Gasteiger partial charge on any atom is 0.215 e. The van der Waals surface area contributed by atoms with Crippen molar-refractivity contribution in [2.45, 2.75) is 20.8 Å². The molecule has 1 nitrogen and oxygen atoms in total. The molecule has 0 spiro atoms. The molecular weight excluding hydrogens is 129 g/mol. The molecule has 0 aliphatic carbocycles. The first-order valence-electron chi connectivity index (χ1n) is 3.38. The lowest BCUT2D eigenvalue weighted by molar-refractivity contribution is 0.574. The van der Waals surface area contributed by atoms with E-state index in [0.717, 1.165) is 0 Å². The van der Waals surface area contributed by atoms with E-state index in [-0.39, 0.29) is 5.95 Å². The van der Waals surface area contributed by atoms with E-state index in [1.807, 2.05) is 13.8 Å². The van der Waals surface area contributed by atoms with E-state index in [4.69, 9.17) is 0 Å². The van der Waals surface area contributed by atoms with E-state index >= 15 is 0 Å². The molecule has 0 saturated heterocycles. The number of hydrogen-bond donors (Lipinski definition) is 0. The van der Waals surface area contributed by atoms with Crippen molar-refractivity contribution in [2.75, 3.05) is 0 Å². The lowest BCUT2D eigenvalue weighted by Crippen LogP contribution is -1.83. The van der Waals surface area contributed by atoms with Crippen LogP contribution in [0.15, 0.2) is 18.3 Å². The lowest BCUT2D eigenvalue weighted by Gasteiger charge is -1.88. The summed E-state index contributed by atoms with van der Waals surface area (Å²) in [6.45, 7) is 5.68. The van der Waals surface area contributed by atoms with Gasteiger partial charge in [-0.3, -0.25) is 0 Å². The average molecular weight is 141 g/mol. The Labute approximate surface area is 60.9 Å². The van der Waals surface area contributed by atoms with Crippen LogP contribution in [0.25, 0.3) is 0 Å². The van der Waals surface area contributed by atoms with Gasteiger partial charge in [-0.25, -0.2) is 4.98 Å². The van der Waals surface area contributed by atoms with Gasteiger partial charge < -0.3 is 0 Å². The van der Waals surface area contributed by atoms with Crippen LogP contribution < -0.4 is 0 Å². The second-order valence-electron chi connectivity index (χ2n) is 1.61. The topological polar surface area (TPSA) is 12.9 Å². The Bertz CT molecular complexity index is 165. The molecule has 0 radical (unpaired) electrons. The van der Waals surface area contributed by atoms with Crippen molar-refractivity contribution < 1.29 is 4.39 Å². The van der Waals surface area contributed by atoms with E-state index in [9.17, 15) is 4.39 Å². The molecule has 0 fully saturated rings. The van der Waals surface area contributed by atoms with Crippen molar-refractivity contribution in [1.29, 1.82) is 0 Å². The van der Waals surface area contributed by atoms with Crippen molar-refractivity contribution in [3.8, 4) is 0 Å². The fourth-order valence-corrected chi connectivity index (χ4v) is 0.466. The molecule has 0 aliphatic heterocycles. The molecule has 1 rings (SSSR count).